The zero-order chi connectivity index (χ0) is 10.7. The third kappa shape index (κ3) is 2.34. The molecule has 4 nitrogen and oxygen atoms in total. The van der Waals surface area contributed by atoms with Crippen molar-refractivity contribution >= 4 is 11.6 Å². The fourth-order valence-corrected chi connectivity index (χ4v) is 1.34. The molecule has 0 aliphatic carbocycles. The first kappa shape index (κ1) is 9.71. The molecule has 0 amide bonds. The molecule has 2 N–H and O–H groups in total. The lowest BCUT2D eigenvalue weighted by Crippen LogP contribution is -1.96. The SMILES string of the molecule is CC(C)c1ccnc(Nc2cc[nH]n2)c1. The molecule has 0 fully saturated rings. The summed E-state index contributed by atoms with van der Waals surface area (Å²) in [6.07, 6.45) is 3.58. The Kier molecular flexibility index (Phi) is 2.67. The van der Waals surface area contributed by atoms with Gasteiger partial charge in [-0.1, -0.05) is 13.8 Å². The van der Waals surface area contributed by atoms with Crippen molar-refractivity contribution in [1.29, 1.82) is 0 Å². The molecule has 0 spiro atoms. The zero-order valence-corrected chi connectivity index (χ0v) is 8.86. The maximum Gasteiger partial charge on any atom is 0.153 e. The number of hydrogen-bond donors (Lipinski definition) is 2. The van der Waals surface area contributed by atoms with Crippen LogP contribution in [0.4, 0.5) is 11.6 Å². The summed E-state index contributed by atoms with van der Waals surface area (Å²) >= 11 is 0. The molecule has 0 aliphatic rings. The van der Waals surface area contributed by atoms with Crippen LogP contribution in [0.5, 0.6) is 0 Å². The summed E-state index contributed by atoms with van der Waals surface area (Å²) in [6.45, 7) is 4.32. The van der Waals surface area contributed by atoms with Crippen molar-refractivity contribution in [2.45, 2.75) is 19.8 Å². The van der Waals surface area contributed by atoms with Crippen molar-refractivity contribution in [3.05, 3.63) is 36.2 Å². The van der Waals surface area contributed by atoms with Gasteiger partial charge in [-0.2, -0.15) is 5.10 Å². The highest BCUT2D eigenvalue weighted by atomic mass is 15.2. The van der Waals surface area contributed by atoms with Crippen LogP contribution in [0.2, 0.25) is 0 Å². The molecule has 0 atom stereocenters. The van der Waals surface area contributed by atoms with Crippen molar-refractivity contribution < 1.29 is 0 Å². The van der Waals surface area contributed by atoms with E-state index in [9.17, 15) is 0 Å². The third-order valence-corrected chi connectivity index (χ3v) is 2.21. The number of aromatic nitrogens is 3. The van der Waals surface area contributed by atoms with Gasteiger partial charge in [-0.15, -0.1) is 0 Å². The molecule has 2 rings (SSSR count). The van der Waals surface area contributed by atoms with E-state index in [1.54, 1.807) is 6.20 Å². The molecule has 0 saturated carbocycles. The minimum Gasteiger partial charge on any atom is -0.323 e. The summed E-state index contributed by atoms with van der Waals surface area (Å²) < 4.78 is 0. The van der Waals surface area contributed by atoms with E-state index >= 15 is 0 Å². The van der Waals surface area contributed by atoms with E-state index < -0.39 is 0 Å². The van der Waals surface area contributed by atoms with Gasteiger partial charge in [0.1, 0.15) is 5.82 Å². The van der Waals surface area contributed by atoms with E-state index in [0.717, 1.165) is 11.6 Å². The topological polar surface area (TPSA) is 53.6 Å². The van der Waals surface area contributed by atoms with Crippen LogP contribution in [0.25, 0.3) is 0 Å². The van der Waals surface area contributed by atoms with Crippen molar-refractivity contribution in [2.75, 3.05) is 5.32 Å². The van der Waals surface area contributed by atoms with E-state index in [1.807, 2.05) is 24.4 Å². The normalized spacial score (nSPS) is 10.6. The van der Waals surface area contributed by atoms with E-state index in [1.165, 1.54) is 5.56 Å². The Bertz CT molecular complexity index is 420. The molecule has 15 heavy (non-hydrogen) atoms. The average molecular weight is 202 g/mol. The number of anilines is 2. The molecule has 0 radical (unpaired) electrons. The monoisotopic (exact) mass is 202 g/mol. The van der Waals surface area contributed by atoms with Gasteiger partial charge in [-0.3, -0.25) is 5.10 Å². The molecule has 0 unspecified atom stereocenters. The first-order valence-corrected chi connectivity index (χ1v) is 4.98. The number of hydrogen-bond acceptors (Lipinski definition) is 3. The van der Waals surface area contributed by atoms with Crippen molar-refractivity contribution in [3.8, 4) is 0 Å². The highest BCUT2D eigenvalue weighted by Gasteiger charge is 2.02. The second kappa shape index (κ2) is 4.13. The van der Waals surface area contributed by atoms with Crippen LogP contribution in [0, 0.1) is 0 Å². The quantitative estimate of drug-likeness (QED) is 0.804. The zero-order valence-electron chi connectivity index (χ0n) is 8.86. The van der Waals surface area contributed by atoms with Gasteiger partial charge < -0.3 is 5.32 Å². The number of nitrogens with one attached hydrogen (secondary N) is 2. The molecule has 2 aromatic rings. The Balaban J connectivity index is 2.18. The smallest absolute Gasteiger partial charge is 0.153 e. The summed E-state index contributed by atoms with van der Waals surface area (Å²) in [7, 11) is 0. The van der Waals surface area contributed by atoms with Crippen LogP contribution in [0.3, 0.4) is 0 Å². The second-order valence-electron chi connectivity index (χ2n) is 3.71. The lowest BCUT2D eigenvalue weighted by Gasteiger charge is -2.07. The number of nitrogens with zero attached hydrogens (tertiary/aromatic N) is 2. The van der Waals surface area contributed by atoms with Gasteiger partial charge in [0.25, 0.3) is 0 Å². The molecule has 4 heteroatoms. The van der Waals surface area contributed by atoms with Gasteiger partial charge in [-0.05, 0) is 23.6 Å². The molecule has 2 heterocycles. The van der Waals surface area contributed by atoms with Gasteiger partial charge in [0.2, 0.25) is 0 Å². The van der Waals surface area contributed by atoms with Crippen LogP contribution in [-0.4, -0.2) is 15.2 Å². The Morgan fingerprint density at radius 2 is 2.13 bits per heavy atom. The van der Waals surface area contributed by atoms with E-state index in [2.05, 4.69) is 34.3 Å². The number of pyridine rings is 1. The first-order chi connectivity index (χ1) is 7.25. The molecule has 0 aromatic carbocycles. The molecular weight excluding hydrogens is 188 g/mol. The Labute approximate surface area is 88.8 Å². The van der Waals surface area contributed by atoms with Crippen molar-refractivity contribution in [2.24, 2.45) is 0 Å². The van der Waals surface area contributed by atoms with E-state index in [0.29, 0.717) is 5.92 Å². The lowest BCUT2D eigenvalue weighted by molar-refractivity contribution is 0.863. The summed E-state index contributed by atoms with van der Waals surface area (Å²) in [5.74, 6) is 2.12. The Morgan fingerprint density at radius 1 is 1.27 bits per heavy atom. The van der Waals surface area contributed by atoms with Gasteiger partial charge in [-0.25, -0.2) is 4.98 Å². The largest absolute Gasteiger partial charge is 0.323 e. The summed E-state index contributed by atoms with van der Waals surface area (Å²) in [6, 6.07) is 5.93. The molecule has 78 valence electrons. The molecule has 2 aromatic heterocycles. The van der Waals surface area contributed by atoms with Crippen LogP contribution in [-0.2, 0) is 0 Å². The predicted molar refractivity (Wildman–Crippen MR) is 60.2 cm³/mol. The molecule has 0 bridgehead atoms. The highest BCUT2D eigenvalue weighted by Crippen LogP contribution is 2.18. The first-order valence-electron chi connectivity index (χ1n) is 4.98. The highest BCUT2D eigenvalue weighted by molar-refractivity contribution is 5.51. The van der Waals surface area contributed by atoms with Gasteiger partial charge in [0, 0.05) is 18.5 Å². The fraction of sp³-hybridized carbons (Fsp3) is 0.273. The molecule has 0 saturated heterocycles. The van der Waals surface area contributed by atoms with Crippen LogP contribution >= 0.6 is 0 Å². The summed E-state index contributed by atoms with van der Waals surface area (Å²) in [5, 5.41) is 9.88. The Morgan fingerprint density at radius 3 is 2.80 bits per heavy atom. The van der Waals surface area contributed by atoms with Crippen molar-refractivity contribution in [1.82, 2.24) is 15.2 Å². The lowest BCUT2D eigenvalue weighted by atomic mass is 10.1. The average Bonchev–Trinajstić information content (AvgIpc) is 2.71. The Hall–Kier alpha value is -1.84. The molecular formula is C11H14N4. The third-order valence-electron chi connectivity index (χ3n) is 2.21. The minimum absolute atomic E-state index is 0.507. The number of H-pyrrole nitrogens is 1. The summed E-state index contributed by atoms with van der Waals surface area (Å²) in [4.78, 5) is 4.23. The maximum atomic E-state index is 4.23. The standard InChI is InChI=1S/C11H14N4/c1-8(2)9-3-5-12-11(7-9)14-10-4-6-13-15-10/h3-8H,1-2H3,(H2,12,13,14,15). The number of rotatable bonds is 3. The van der Waals surface area contributed by atoms with Gasteiger partial charge in [0.15, 0.2) is 5.82 Å². The van der Waals surface area contributed by atoms with Gasteiger partial charge in [0.05, 0.1) is 0 Å². The summed E-state index contributed by atoms with van der Waals surface area (Å²) in [5.41, 5.74) is 1.27. The van der Waals surface area contributed by atoms with E-state index in [4.69, 9.17) is 0 Å². The van der Waals surface area contributed by atoms with Gasteiger partial charge >= 0.3 is 0 Å². The number of aromatic amines is 1. The maximum absolute atomic E-state index is 4.23. The fourth-order valence-electron chi connectivity index (χ4n) is 1.34. The van der Waals surface area contributed by atoms with Crippen molar-refractivity contribution in [3.63, 3.8) is 0 Å². The second-order valence-corrected chi connectivity index (χ2v) is 3.71. The predicted octanol–water partition coefficient (Wildman–Crippen LogP) is 2.67. The van der Waals surface area contributed by atoms with E-state index in [-0.39, 0.29) is 0 Å². The van der Waals surface area contributed by atoms with Crippen LogP contribution < -0.4 is 5.32 Å². The van der Waals surface area contributed by atoms with Crippen LogP contribution in [0.1, 0.15) is 25.3 Å². The minimum atomic E-state index is 0.507. The van der Waals surface area contributed by atoms with Crippen LogP contribution in [0.15, 0.2) is 30.6 Å². The molecule has 0 aliphatic heterocycles.